The van der Waals surface area contributed by atoms with Gasteiger partial charge in [0.05, 0.1) is 22.8 Å². The van der Waals surface area contributed by atoms with Crippen molar-refractivity contribution in [3.63, 3.8) is 0 Å². The van der Waals surface area contributed by atoms with E-state index in [1.54, 1.807) is 91.0 Å². The van der Waals surface area contributed by atoms with Crippen molar-refractivity contribution < 1.29 is 33.3 Å². The molecule has 0 N–H and O–H groups in total. The number of carbonyl (C=O) groups excluding carboxylic acids is 3. The minimum atomic E-state index is -1.23. The molecule has 2 fully saturated rings. The molecule has 0 aromatic heterocycles. The highest BCUT2D eigenvalue weighted by Gasteiger charge is 2.65. The summed E-state index contributed by atoms with van der Waals surface area (Å²) >= 11 is 0. The van der Waals surface area contributed by atoms with Crippen LogP contribution < -0.4 is 0 Å². The van der Waals surface area contributed by atoms with Crippen LogP contribution in [0.3, 0.4) is 0 Å². The average molecular weight is 514 g/mol. The van der Waals surface area contributed by atoms with Gasteiger partial charge in [0.2, 0.25) is 0 Å². The average Bonchev–Trinajstić information content (AvgIpc) is 3.76. The summed E-state index contributed by atoms with van der Waals surface area (Å²) in [6, 6.07) is 24.9. The second-order valence-electron chi connectivity index (χ2n) is 8.85. The molecule has 10 nitrogen and oxygen atoms in total. The number of hydrogen-bond acceptors (Lipinski definition) is 8. The van der Waals surface area contributed by atoms with Crippen molar-refractivity contribution in [2.45, 2.75) is 30.5 Å². The van der Waals surface area contributed by atoms with Crippen molar-refractivity contribution >= 4 is 17.9 Å². The van der Waals surface area contributed by atoms with E-state index in [0.29, 0.717) is 5.56 Å². The highest BCUT2D eigenvalue weighted by Crippen LogP contribution is 2.45. The molecule has 5 rings (SSSR count). The Morgan fingerprint density at radius 2 is 1.08 bits per heavy atom. The molecule has 192 valence electrons. The Bertz CT molecular complexity index is 1350. The summed E-state index contributed by atoms with van der Waals surface area (Å²) in [5.74, 6) is -2.65. The predicted molar refractivity (Wildman–Crippen MR) is 133 cm³/mol. The molecule has 1 aliphatic heterocycles. The number of esters is 3. The van der Waals surface area contributed by atoms with Crippen molar-refractivity contribution in [2.24, 2.45) is 11.0 Å². The third-order valence-electron chi connectivity index (χ3n) is 6.49. The van der Waals surface area contributed by atoms with Crippen LogP contribution in [0.5, 0.6) is 0 Å². The lowest BCUT2D eigenvalue weighted by Gasteiger charge is -2.38. The molecular weight excluding hydrogens is 490 g/mol. The van der Waals surface area contributed by atoms with E-state index >= 15 is 0 Å². The van der Waals surface area contributed by atoms with E-state index in [2.05, 4.69) is 10.0 Å². The second kappa shape index (κ2) is 11.2. The summed E-state index contributed by atoms with van der Waals surface area (Å²) in [5, 5.41) is 3.67. The molecule has 0 bridgehead atoms. The van der Waals surface area contributed by atoms with Gasteiger partial charge in [-0.3, -0.25) is 0 Å². The lowest BCUT2D eigenvalue weighted by atomic mass is 9.82. The van der Waals surface area contributed by atoms with Crippen LogP contribution in [0.2, 0.25) is 0 Å². The Kier molecular flexibility index (Phi) is 7.35. The number of benzene rings is 3. The van der Waals surface area contributed by atoms with Crippen LogP contribution in [0.4, 0.5) is 0 Å². The largest absolute Gasteiger partial charge is 0.454 e. The highest BCUT2D eigenvalue weighted by atomic mass is 16.7. The first-order valence-electron chi connectivity index (χ1n) is 12.0. The Morgan fingerprint density at radius 1 is 0.658 bits per heavy atom. The molecule has 1 aliphatic carbocycles. The van der Waals surface area contributed by atoms with Crippen molar-refractivity contribution in [1.29, 1.82) is 0 Å². The molecule has 38 heavy (non-hydrogen) atoms. The summed E-state index contributed by atoms with van der Waals surface area (Å²) in [6.07, 6.45) is -4.60. The SMILES string of the molecule is [N-]=[N+]=NC[C@@H]1[C@@H](OC(=O)c2ccccc2)[C@H](OC(=O)c2ccccc2)[C@@H](OC(=O)c2ccccc2)[C@H]2O[C@@H]12. The number of nitrogens with zero attached hydrogens (tertiary/aromatic N) is 3. The smallest absolute Gasteiger partial charge is 0.338 e. The molecule has 10 heteroatoms. The first kappa shape index (κ1) is 25.0. The van der Waals surface area contributed by atoms with Crippen LogP contribution in [0, 0.1) is 5.92 Å². The lowest BCUT2D eigenvalue weighted by Crippen LogP contribution is -2.57. The third-order valence-corrected chi connectivity index (χ3v) is 6.49. The molecule has 1 heterocycles. The molecule has 0 unspecified atom stereocenters. The van der Waals surface area contributed by atoms with Gasteiger partial charge in [-0.2, -0.15) is 0 Å². The normalized spacial score (nSPS) is 25.2. The fourth-order valence-corrected chi connectivity index (χ4v) is 4.61. The molecule has 0 spiro atoms. The van der Waals surface area contributed by atoms with E-state index < -0.39 is 54.3 Å². The molecule has 0 radical (unpaired) electrons. The van der Waals surface area contributed by atoms with Gasteiger partial charge in [-0.25, -0.2) is 14.4 Å². The van der Waals surface area contributed by atoms with E-state index in [4.69, 9.17) is 24.5 Å². The zero-order valence-corrected chi connectivity index (χ0v) is 20.0. The number of carbonyl (C=O) groups is 3. The van der Waals surface area contributed by atoms with Gasteiger partial charge in [0, 0.05) is 17.4 Å². The van der Waals surface area contributed by atoms with Crippen LogP contribution >= 0.6 is 0 Å². The predicted octanol–water partition coefficient (Wildman–Crippen LogP) is 4.37. The van der Waals surface area contributed by atoms with Gasteiger partial charge in [-0.1, -0.05) is 59.7 Å². The molecular formula is C28H23N3O7. The van der Waals surface area contributed by atoms with E-state index in [-0.39, 0.29) is 17.7 Å². The highest BCUT2D eigenvalue weighted by molar-refractivity contribution is 5.91. The lowest BCUT2D eigenvalue weighted by molar-refractivity contribution is -0.115. The maximum absolute atomic E-state index is 13.1. The Morgan fingerprint density at radius 3 is 1.53 bits per heavy atom. The van der Waals surface area contributed by atoms with Crippen LogP contribution in [-0.4, -0.2) is 55.0 Å². The van der Waals surface area contributed by atoms with Crippen LogP contribution in [0.15, 0.2) is 96.1 Å². The monoisotopic (exact) mass is 513 g/mol. The molecule has 1 saturated carbocycles. The molecule has 2 aliphatic rings. The second-order valence-corrected chi connectivity index (χ2v) is 8.85. The van der Waals surface area contributed by atoms with Crippen molar-refractivity contribution in [3.8, 4) is 0 Å². The summed E-state index contributed by atoms with van der Waals surface area (Å²) in [4.78, 5) is 42.0. The molecule has 3 aromatic carbocycles. The van der Waals surface area contributed by atoms with E-state index in [1.807, 2.05) is 0 Å². The van der Waals surface area contributed by atoms with Gasteiger partial charge >= 0.3 is 17.9 Å². The maximum atomic E-state index is 13.1. The topological polar surface area (TPSA) is 140 Å². The summed E-state index contributed by atoms with van der Waals surface area (Å²) in [5.41, 5.74) is 9.79. The van der Waals surface area contributed by atoms with Gasteiger partial charge in [-0.05, 0) is 41.9 Å². The number of ether oxygens (including phenoxy) is 4. The first-order chi connectivity index (χ1) is 18.6. The van der Waals surface area contributed by atoms with Crippen molar-refractivity contribution in [2.75, 3.05) is 6.54 Å². The minimum absolute atomic E-state index is 0.0802. The Balaban J connectivity index is 1.49. The summed E-state index contributed by atoms with van der Waals surface area (Å²) < 4.78 is 23.4. The quantitative estimate of drug-likeness (QED) is 0.109. The zero-order chi connectivity index (χ0) is 26.5. The van der Waals surface area contributed by atoms with Crippen molar-refractivity contribution in [3.05, 3.63) is 118 Å². The standard InChI is InChI=1S/C28H23N3O7/c29-31-30-16-20-21-23(35-21)25(38-28(34)19-14-8-3-9-15-19)24(37-27(33)18-12-6-2-7-13-18)22(20)36-26(32)17-10-4-1-5-11-17/h1-15,20-25H,16H2/t20-,21-,22+,23-,24-,25-/m0/s1. The van der Waals surface area contributed by atoms with Gasteiger partial charge in [0.1, 0.15) is 12.2 Å². The van der Waals surface area contributed by atoms with Crippen LogP contribution in [0.25, 0.3) is 10.4 Å². The van der Waals surface area contributed by atoms with E-state index in [9.17, 15) is 14.4 Å². The van der Waals surface area contributed by atoms with Gasteiger partial charge in [0.15, 0.2) is 12.2 Å². The zero-order valence-electron chi connectivity index (χ0n) is 20.0. The fourth-order valence-electron chi connectivity index (χ4n) is 4.61. The van der Waals surface area contributed by atoms with E-state index in [1.165, 1.54) is 0 Å². The van der Waals surface area contributed by atoms with E-state index in [0.717, 1.165) is 0 Å². The van der Waals surface area contributed by atoms with Gasteiger partial charge < -0.3 is 18.9 Å². The van der Waals surface area contributed by atoms with Gasteiger partial charge in [0.25, 0.3) is 0 Å². The first-order valence-corrected chi connectivity index (χ1v) is 12.0. The third kappa shape index (κ3) is 5.36. The molecule has 3 aromatic rings. The maximum Gasteiger partial charge on any atom is 0.338 e. The molecule has 0 amide bonds. The van der Waals surface area contributed by atoms with Gasteiger partial charge in [-0.15, -0.1) is 0 Å². The molecule has 1 saturated heterocycles. The fraction of sp³-hybridized carbons (Fsp3) is 0.250. The summed E-state index contributed by atoms with van der Waals surface area (Å²) in [6.45, 7) is -0.0802. The molecule has 6 atom stereocenters. The number of hydrogen-bond donors (Lipinski definition) is 0. The van der Waals surface area contributed by atoms with Crippen LogP contribution in [0.1, 0.15) is 31.1 Å². The number of epoxide rings is 1. The Labute approximate surface area is 217 Å². The van der Waals surface area contributed by atoms with Crippen molar-refractivity contribution in [1.82, 2.24) is 0 Å². The Hall–Kier alpha value is -4.66. The number of fused-ring (bicyclic) bond motifs is 1. The summed E-state index contributed by atoms with van der Waals surface area (Å²) in [7, 11) is 0. The number of rotatable bonds is 8. The van der Waals surface area contributed by atoms with Crippen LogP contribution in [-0.2, 0) is 18.9 Å². The minimum Gasteiger partial charge on any atom is -0.454 e. The number of azide groups is 1.